The number of aryl methyl sites for hydroxylation is 1. The Morgan fingerprint density at radius 2 is 1.89 bits per heavy atom. The van der Waals surface area contributed by atoms with Gasteiger partial charge in [0.25, 0.3) is 0 Å². The summed E-state index contributed by atoms with van der Waals surface area (Å²) in [4.78, 5) is 8.25. The second-order valence-electron chi connectivity index (χ2n) is 4.17. The molecule has 1 heterocycles. The van der Waals surface area contributed by atoms with Gasteiger partial charge in [-0.3, -0.25) is 0 Å². The normalized spacial score (nSPS) is 10.1. The summed E-state index contributed by atoms with van der Waals surface area (Å²) in [5.41, 5.74) is 5.37. The van der Waals surface area contributed by atoms with Crippen LogP contribution in [0.5, 0.6) is 5.75 Å². The zero-order valence-electron chi connectivity index (χ0n) is 11.2. The van der Waals surface area contributed by atoms with Crippen molar-refractivity contribution in [2.24, 2.45) is 5.84 Å². The molecule has 2 rings (SSSR count). The average molecular weight is 259 g/mol. The molecule has 1 aromatic carbocycles. The smallest absolute Gasteiger partial charge is 0.148 e. The number of hydrogen-bond acceptors (Lipinski definition) is 6. The molecule has 0 aliphatic carbocycles. The molecule has 0 amide bonds. The number of nitrogens with two attached hydrogens (primary N) is 1. The van der Waals surface area contributed by atoms with Crippen LogP contribution in [0.2, 0.25) is 0 Å². The van der Waals surface area contributed by atoms with Crippen molar-refractivity contribution in [1.82, 2.24) is 9.97 Å². The first-order valence-electron chi connectivity index (χ1n) is 5.85. The Morgan fingerprint density at radius 3 is 2.58 bits per heavy atom. The van der Waals surface area contributed by atoms with E-state index in [-0.39, 0.29) is 0 Å². The standard InChI is InChI=1S/C13H17N5O/c1-8-4-5-11(19-3)10(6-8)17-12-9(2)13(18-14)16-7-15-12/h4-7H,14H2,1-3H3,(H2,15,16,17,18). The Balaban J connectivity index is 2.38. The van der Waals surface area contributed by atoms with Crippen molar-refractivity contribution in [1.29, 1.82) is 0 Å². The van der Waals surface area contributed by atoms with Gasteiger partial charge in [-0.1, -0.05) is 6.07 Å². The summed E-state index contributed by atoms with van der Waals surface area (Å²) in [5.74, 6) is 7.43. The van der Waals surface area contributed by atoms with Crippen LogP contribution in [0.1, 0.15) is 11.1 Å². The lowest BCUT2D eigenvalue weighted by Crippen LogP contribution is -2.11. The van der Waals surface area contributed by atoms with Gasteiger partial charge in [-0.2, -0.15) is 0 Å². The molecular formula is C13H17N5O. The van der Waals surface area contributed by atoms with Gasteiger partial charge in [-0.25, -0.2) is 15.8 Å². The maximum Gasteiger partial charge on any atom is 0.148 e. The second kappa shape index (κ2) is 5.53. The number of rotatable bonds is 4. The Kier molecular flexibility index (Phi) is 3.82. The Labute approximate surface area is 112 Å². The molecule has 0 spiro atoms. The molecule has 2 aromatic rings. The molecule has 6 nitrogen and oxygen atoms in total. The summed E-state index contributed by atoms with van der Waals surface area (Å²) in [6.45, 7) is 3.91. The molecule has 6 heteroatoms. The summed E-state index contributed by atoms with van der Waals surface area (Å²) in [7, 11) is 1.63. The van der Waals surface area contributed by atoms with Crippen LogP contribution in [0.15, 0.2) is 24.5 Å². The third-order valence-corrected chi connectivity index (χ3v) is 2.83. The van der Waals surface area contributed by atoms with Crippen LogP contribution >= 0.6 is 0 Å². The molecule has 0 radical (unpaired) electrons. The number of hydrazine groups is 1. The molecule has 1 aromatic heterocycles. The quantitative estimate of drug-likeness (QED) is 0.576. The van der Waals surface area contributed by atoms with Gasteiger partial charge < -0.3 is 15.5 Å². The Hall–Kier alpha value is -2.34. The molecule has 0 saturated carbocycles. The van der Waals surface area contributed by atoms with Crippen molar-refractivity contribution in [3.05, 3.63) is 35.7 Å². The number of ether oxygens (including phenoxy) is 1. The average Bonchev–Trinajstić information content (AvgIpc) is 2.41. The lowest BCUT2D eigenvalue weighted by molar-refractivity contribution is 0.416. The van der Waals surface area contributed by atoms with Gasteiger partial charge in [0.1, 0.15) is 23.7 Å². The predicted molar refractivity (Wildman–Crippen MR) is 75.6 cm³/mol. The first-order valence-corrected chi connectivity index (χ1v) is 5.85. The topological polar surface area (TPSA) is 85.1 Å². The van der Waals surface area contributed by atoms with Gasteiger partial charge in [0.05, 0.1) is 12.8 Å². The van der Waals surface area contributed by atoms with Crippen LogP contribution in [0.25, 0.3) is 0 Å². The molecule has 0 bridgehead atoms. The molecule has 0 atom stereocenters. The molecule has 0 saturated heterocycles. The van der Waals surface area contributed by atoms with E-state index in [1.54, 1.807) is 7.11 Å². The maximum atomic E-state index is 5.40. The van der Waals surface area contributed by atoms with Gasteiger partial charge in [0.2, 0.25) is 0 Å². The molecule has 0 aliphatic heterocycles. The second-order valence-corrected chi connectivity index (χ2v) is 4.17. The molecule has 19 heavy (non-hydrogen) atoms. The van der Waals surface area contributed by atoms with E-state index in [1.165, 1.54) is 6.33 Å². The highest BCUT2D eigenvalue weighted by Gasteiger charge is 2.09. The Morgan fingerprint density at radius 1 is 1.16 bits per heavy atom. The van der Waals surface area contributed by atoms with Crippen molar-refractivity contribution in [3.63, 3.8) is 0 Å². The molecular weight excluding hydrogens is 242 g/mol. The van der Waals surface area contributed by atoms with Crippen LogP contribution in [-0.2, 0) is 0 Å². The van der Waals surface area contributed by atoms with E-state index < -0.39 is 0 Å². The van der Waals surface area contributed by atoms with E-state index in [1.807, 2.05) is 32.0 Å². The number of benzene rings is 1. The molecule has 4 N–H and O–H groups in total. The molecule has 0 fully saturated rings. The van der Waals surface area contributed by atoms with Crippen LogP contribution in [0, 0.1) is 13.8 Å². The third-order valence-electron chi connectivity index (χ3n) is 2.83. The maximum absolute atomic E-state index is 5.40. The first kappa shape index (κ1) is 13.1. The number of hydrogen-bond donors (Lipinski definition) is 3. The highest BCUT2D eigenvalue weighted by molar-refractivity contribution is 5.69. The number of nitrogens with one attached hydrogen (secondary N) is 2. The van der Waals surface area contributed by atoms with Crippen LogP contribution in [-0.4, -0.2) is 17.1 Å². The van der Waals surface area contributed by atoms with E-state index >= 15 is 0 Å². The fourth-order valence-electron chi connectivity index (χ4n) is 1.77. The lowest BCUT2D eigenvalue weighted by Gasteiger charge is -2.14. The Bertz CT molecular complexity index is 585. The monoisotopic (exact) mass is 259 g/mol. The van der Waals surface area contributed by atoms with Crippen molar-refractivity contribution < 1.29 is 4.74 Å². The van der Waals surface area contributed by atoms with Crippen LogP contribution in [0.3, 0.4) is 0 Å². The highest BCUT2D eigenvalue weighted by Crippen LogP contribution is 2.29. The highest BCUT2D eigenvalue weighted by atomic mass is 16.5. The van der Waals surface area contributed by atoms with Gasteiger partial charge >= 0.3 is 0 Å². The SMILES string of the molecule is COc1ccc(C)cc1Nc1ncnc(NN)c1C. The van der Waals surface area contributed by atoms with Gasteiger partial charge in [-0.05, 0) is 31.5 Å². The van der Waals surface area contributed by atoms with E-state index in [0.717, 1.165) is 22.6 Å². The van der Waals surface area contributed by atoms with E-state index in [4.69, 9.17) is 10.6 Å². The summed E-state index contributed by atoms with van der Waals surface area (Å²) >= 11 is 0. The van der Waals surface area contributed by atoms with Crippen molar-refractivity contribution >= 4 is 17.3 Å². The van der Waals surface area contributed by atoms with Crippen molar-refractivity contribution in [3.8, 4) is 5.75 Å². The summed E-state index contributed by atoms with van der Waals surface area (Å²) in [5, 5.41) is 3.24. The van der Waals surface area contributed by atoms with E-state index in [0.29, 0.717) is 11.6 Å². The fourth-order valence-corrected chi connectivity index (χ4v) is 1.77. The summed E-state index contributed by atoms with van der Waals surface area (Å²) < 4.78 is 5.32. The number of nitrogens with zero attached hydrogens (tertiary/aromatic N) is 2. The molecule has 100 valence electrons. The minimum atomic E-state index is 0.587. The zero-order valence-corrected chi connectivity index (χ0v) is 11.2. The van der Waals surface area contributed by atoms with Crippen molar-refractivity contribution in [2.75, 3.05) is 17.9 Å². The van der Waals surface area contributed by atoms with E-state index in [2.05, 4.69) is 20.7 Å². The number of methoxy groups -OCH3 is 1. The van der Waals surface area contributed by atoms with Gasteiger partial charge in [0, 0.05) is 5.56 Å². The minimum absolute atomic E-state index is 0.587. The number of nitrogen functional groups attached to an aromatic ring is 1. The lowest BCUT2D eigenvalue weighted by atomic mass is 10.2. The largest absolute Gasteiger partial charge is 0.495 e. The summed E-state index contributed by atoms with van der Waals surface area (Å²) in [6, 6.07) is 5.90. The molecule has 0 unspecified atom stereocenters. The third kappa shape index (κ3) is 2.74. The van der Waals surface area contributed by atoms with Crippen LogP contribution < -0.4 is 21.3 Å². The number of anilines is 3. The summed E-state index contributed by atoms with van der Waals surface area (Å²) in [6.07, 6.45) is 1.45. The molecule has 0 aliphatic rings. The fraction of sp³-hybridized carbons (Fsp3) is 0.231. The minimum Gasteiger partial charge on any atom is -0.495 e. The van der Waals surface area contributed by atoms with Gasteiger partial charge in [-0.15, -0.1) is 0 Å². The number of aromatic nitrogens is 2. The zero-order chi connectivity index (χ0) is 13.8. The van der Waals surface area contributed by atoms with E-state index in [9.17, 15) is 0 Å². The predicted octanol–water partition coefficient (Wildman–Crippen LogP) is 2.13. The van der Waals surface area contributed by atoms with Crippen LogP contribution in [0.4, 0.5) is 17.3 Å². The van der Waals surface area contributed by atoms with Crippen molar-refractivity contribution in [2.45, 2.75) is 13.8 Å². The first-order chi connectivity index (χ1) is 9.15. The van der Waals surface area contributed by atoms with Gasteiger partial charge in [0.15, 0.2) is 0 Å².